The Morgan fingerprint density at radius 1 is 0.680 bits per heavy atom. The van der Waals surface area contributed by atoms with Gasteiger partial charge in [0.25, 0.3) is 0 Å². The number of hydrogen-bond acceptors (Lipinski definition) is 2. The topological polar surface area (TPSA) is 35.2 Å². The summed E-state index contributed by atoms with van der Waals surface area (Å²) in [5, 5.41) is 5.42. The first-order valence-electron chi connectivity index (χ1n) is 17.9. The van der Waals surface area contributed by atoms with Gasteiger partial charge in [0.1, 0.15) is 5.75 Å². The van der Waals surface area contributed by atoms with Crippen LogP contribution in [0, 0.1) is 5.41 Å². The molecule has 2 unspecified atom stereocenters. The Morgan fingerprint density at radius 2 is 1.32 bits per heavy atom. The van der Waals surface area contributed by atoms with Crippen molar-refractivity contribution in [3.05, 3.63) is 196 Å². The number of ether oxygens (including phenoxy) is 1. The summed E-state index contributed by atoms with van der Waals surface area (Å²) in [7, 11) is 1.50. The third-order valence-electron chi connectivity index (χ3n) is 11.6. The van der Waals surface area contributed by atoms with Crippen LogP contribution in [0.15, 0.2) is 163 Å². The zero-order valence-electron chi connectivity index (χ0n) is 28.9. The summed E-state index contributed by atoms with van der Waals surface area (Å²) < 4.78 is 6.39. The van der Waals surface area contributed by atoms with Crippen LogP contribution in [0.1, 0.15) is 59.6 Å². The number of fused-ring (bicyclic) bond motifs is 8. The molecular weight excluding hydrogens is 607 g/mol. The van der Waals surface area contributed by atoms with E-state index in [2.05, 4.69) is 171 Å². The Morgan fingerprint density at radius 3 is 2.08 bits per heavy atom. The normalized spacial score (nSPS) is 19.0. The van der Waals surface area contributed by atoms with Gasteiger partial charge in [-0.05, 0) is 98.1 Å². The molecule has 2 N–H and O–H groups in total. The second kappa shape index (κ2) is 11.6. The maximum absolute atomic E-state index is 6.39. The van der Waals surface area contributed by atoms with E-state index in [-0.39, 0.29) is 16.7 Å². The molecule has 244 valence electrons. The molecule has 0 aromatic heterocycles. The third-order valence-corrected chi connectivity index (χ3v) is 11.6. The van der Waals surface area contributed by atoms with Crippen LogP contribution in [0.5, 0.6) is 5.75 Å². The highest BCUT2D eigenvalue weighted by Gasteiger charge is 2.51. The van der Waals surface area contributed by atoms with Crippen molar-refractivity contribution in [1.82, 2.24) is 0 Å². The first kappa shape index (κ1) is 30.6. The minimum absolute atomic E-state index is 0.00220. The van der Waals surface area contributed by atoms with Crippen LogP contribution < -0.4 is 10.5 Å². The van der Waals surface area contributed by atoms with Gasteiger partial charge in [-0.3, -0.25) is 0 Å². The lowest BCUT2D eigenvalue weighted by molar-refractivity contribution is 0.336. The molecule has 4 aliphatic rings. The van der Waals surface area contributed by atoms with Gasteiger partial charge in [-0.2, -0.15) is 0 Å². The van der Waals surface area contributed by atoms with E-state index >= 15 is 0 Å². The second-order valence-corrected chi connectivity index (χ2v) is 14.0. The smallest absolute Gasteiger partial charge is 0.123 e. The molecule has 0 heterocycles. The molecule has 50 heavy (non-hydrogen) atoms. The van der Waals surface area contributed by atoms with E-state index in [4.69, 9.17) is 4.74 Å². The Labute approximate surface area is 294 Å². The molecule has 2 heteroatoms. The van der Waals surface area contributed by atoms with E-state index in [1.807, 2.05) is 0 Å². The molecule has 0 fully saturated rings. The van der Waals surface area contributed by atoms with Crippen LogP contribution in [0.25, 0.3) is 32.7 Å². The van der Waals surface area contributed by atoms with Crippen LogP contribution in [0.3, 0.4) is 0 Å². The Kier molecular flexibility index (Phi) is 7.09. The largest absolute Gasteiger partial charge is 0.494 e. The van der Waals surface area contributed by atoms with Crippen LogP contribution in [-0.2, 0) is 5.41 Å². The molecule has 2 atom stereocenters. The summed E-state index contributed by atoms with van der Waals surface area (Å²) in [6.07, 6.45) is 14.9. The zero-order valence-corrected chi connectivity index (χ0v) is 28.9. The minimum atomic E-state index is -0.385. The van der Waals surface area contributed by atoms with E-state index in [0.717, 1.165) is 12.2 Å². The standard InChI is InChI=1S/C47H36O.CH5N/c1-3-48-41-23-7-5-17-35(41)42(32-26-28-46(2)27-9-8-15-33(46)29-32)36-18-12-22-40-45(36)34-16-4-6-19-37(34)47(40)38-20-10-13-30-24-25-31-14-11-21-39(47)44(31)43(30)38;1-2/h4-27,29,42H,3,28H2,1-2H3;2H2,1H3. The molecule has 10 rings (SSSR count). The van der Waals surface area contributed by atoms with E-state index in [9.17, 15) is 0 Å². The Hall–Kier alpha value is -5.44. The van der Waals surface area contributed by atoms with Crippen molar-refractivity contribution in [2.75, 3.05) is 13.7 Å². The maximum atomic E-state index is 6.39. The van der Waals surface area contributed by atoms with Crippen LogP contribution >= 0.6 is 0 Å². The first-order valence-corrected chi connectivity index (χ1v) is 17.9. The lowest BCUT2D eigenvalue weighted by Gasteiger charge is -2.35. The van der Waals surface area contributed by atoms with Gasteiger partial charge >= 0.3 is 0 Å². The molecule has 0 bridgehead atoms. The number of para-hydroxylation sites is 1. The second-order valence-electron chi connectivity index (χ2n) is 14.0. The fourth-order valence-corrected chi connectivity index (χ4v) is 9.52. The lowest BCUT2D eigenvalue weighted by Crippen LogP contribution is -2.26. The highest BCUT2D eigenvalue weighted by molar-refractivity contribution is 6.17. The average Bonchev–Trinajstić information content (AvgIpc) is 3.64. The van der Waals surface area contributed by atoms with Gasteiger partial charge in [-0.15, -0.1) is 0 Å². The summed E-state index contributed by atoms with van der Waals surface area (Å²) in [4.78, 5) is 0. The van der Waals surface area contributed by atoms with E-state index in [1.165, 1.54) is 84.2 Å². The summed E-state index contributed by atoms with van der Waals surface area (Å²) in [5.41, 5.74) is 17.6. The molecule has 2 nitrogen and oxygen atoms in total. The fourth-order valence-electron chi connectivity index (χ4n) is 9.52. The van der Waals surface area contributed by atoms with Crippen molar-refractivity contribution >= 4 is 21.5 Å². The van der Waals surface area contributed by atoms with E-state index in [1.54, 1.807) is 0 Å². The number of rotatable bonds is 5. The predicted molar refractivity (Wildman–Crippen MR) is 209 cm³/mol. The molecule has 6 aromatic rings. The Balaban J connectivity index is 0.00000165. The first-order chi connectivity index (χ1) is 24.6. The SMILES string of the molecule is CCOc1ccccc1C(C1=CCC2(C)C=CC=CC2=C1)c1cccc2c1-c1ccccc1C21c2cccc3ccc4cccc1c4c23.CN. The molecule has 0 amide bonds. The monoisotopic (exact) mass is 647 g/mol. The molecule has 4 aliphatic carbocycles. The summed E-state index contributed by atoms with van der Waals surface area (Å²) in [6, 6.07) is 43.4. The average molecular weight is 648 g/mol. The quantitative estimate of drug-likeness (QED) is 0.189. The van der Waals surface area contributed by atoms with Crippen molar-refractivity contribution in [2.45, 2.75) is 31.6 Å². The maximum Gasteiger partial charge on any atom is 0.123 e. The van der Waals surface area contributed by atoms with Gasteiger partial charge in [-0.25, -0.2) is 0 Å². The zero-order chi connectivity index (χ0) is 34.0. The Bertz CT molecular complexity index is 2410. The van der Waals surface area contributed by atoms with E-state index < -0.39 is 0 Å². The van der Waals surface area contributed by atoms with Gasteiger partial charge in [-0.1, -0.05) is 153 Å². The van der Waals surface area contributed by atoms with Crippen molar-refractivity contribution < 1.29 is 4.74 Å². The molecular formula is C48H41NO. The van der Waals surface area contributed by atoms with Gasteiger partial charge in [0, 0.05) is 16.9 Å². The van der Waals surface area contributed by atoms with Crippen molar-refractivity contribution in [3.8, 4) is 16.9 Å². The number of benzene rings is 6. The van der Waals surface area contributed by atoms with Gasteiger partial charge < -0.3 is 10.5 Å². The summed E-state index contributed by atoms with van der Waals surface area (Å²) in [6.45, 7) is 5.06. The van der Waals surface area contributed by atoms with Gasteiger partial charge in [0.15, 0.2) is 0 Å². The van der Waals surface area contributed by atoms with Crippen molar-refractivity contribution in [2.24, 2.45) is 11.1 Å². The minimum Gasteiger partial charge on any atom is -0.494 e. The highest BCUT2D eigenvalue weighted by atomic mass is 16.5. The molecule has 0 aliphatic heterocycles. The number of nitrogens with two attached hydrogens (primary N) is 1. The molecule has 0 saturated heterocycles. The molecule has 6 aromatic carbocycles. The fraction of sp³-hybridized carbons (Fsp3) is 0.167. The van der Waals surface area contributed by atoms with Gasteiger partial charge in [0.2, 0.25) is 0 Å². The van der Waals surface area contributed by atoms with Crippen LogP contribution in [0.4, 0.5) is 0 Å². The summed E-state index contributed by atoms with van der Waals surface area (Å²) in [5.74, 6) is 0.954. The molecule has 0 radical (unpaired) electrons. The molecule has 0 saturated carbocycles. The van der Waals surface area contributed by atoms with Crippen molar-refractivity contribution in [1.29, 1.82) is 0 Å². The van der Waals surface area contributed by atoms with Crippen LogP contribution in [0.2, 0.25) is 0 Å². The highest BCUT2D eigenvalue weighted by Crippen LogP contribution is 2.64. The predicted octanol–water partition coefficient (Wildman–Crippen LogP) is 11.2. The van der Waals surface area contributed by atoms with Gasteiger partial charge in [0.05, 0.1) is 12.0 Å². The number of hydrogen-bond donors (Lipinski definition) is 1. The summed E-state index contributed by atoms with van der Waals surface area (Å²) >= 11 is 0. The third kappa shape index (κ3) is 4.06. The lowest BCUT2D eigenvalue weighted by atomic mass is 9.68. The van der Waals surface area contributed by atoms with E-state index in [0.29, 0.717) is 6.61 Å². The molecule has 1 spiro atoms. The van der Waals surface area contributed by atoms with Crippen LogP contribution in [-0.4, -0.2) is 13.7 Å². The van der Waals surface area contributed by atoms with Crippen molar-refractivity contribution in [3.63, 3.8) is 0 Å². The number of allylic oxidation sites excluding steroid dienone is 8.